The predicted octanol–water partition coefficient (Wildman–Crippen LogP) is 2.95. The first kappa shape index (κ1) is 9.71. The molecule has 0 unspecified atom stereocenters. The molecule has 0 aliphatic heterocycles. The molecule has 2 aromatic rings. The lowest BCUT2D eigenvalue weighted by Crippen LogP contribution is -1.96. The van der Waals surface area contributed by atoms with Crippen LogP contribution < -0.4 is 5.73 Å². The number of benzene rings is 1. The van der Waals surface area contributed by atoms with Gasteiger partial charge in [0.05, 0.1) is 11.4 Å². The first-order chi connectivity index (χ1) is 7.18. The molecule has 0 bridgehead atoms. The van der Waals surface area contributed by atoms with Crippen LogP contribution in [0.5, 0.6) is 0 Å². The molecule has 0 aliphatic rings. The molecular formula is C13H14N2. The van der Waals surface area contributed by atoms with E-state index in [0.717, 1.165) is 22.5 Å². The number of anilines is 1. The number of hydrogen-bond acceptors (Lipinski definition) is 2. The highest BCUT2D eigenvalue weighted by molar-refractivity contribution is 5.74. The molecule has 0 aliphatic carbocycles. The highest BCUT2D eigenvalue weighted by Gasteiger charge is 2.05. The first-order valence-electron chi connectivity index (χ1n) is 4.96. The Morgan fingerprint density at radius 2 is 1.93 bits per heavy atom. The summed E-state index contributed by atoms with van der Waals surface area (Å²) in [6.45, 7) is 4.06. The van der Waals surface area contributed by atoms with E-state index in [1.54, 1.807) is 6.20 Å². The van der Waals surface area contributed by atoms with E-state index >= 15 is 0 Å². The smallest absolute Gasteiger partial charge is 0.0933 e. The lowest BCUT2D eigenvalue weighted by molar-refractivity contribution is 1.29. The lowest BCUT2D eigenvalue weighted by Gasteiger charge is -2.07. The Bertz CT molecular complexity index is 490. The van der Waals surface area contributed by atoms with Gasteiger partial charge in [-0.2, -0.15) is 0 Å². The van der Waals surface area contributed by atoms with Gasteiger partial charge in [-0.3, -0.25) is 4.98 Å². The summed E-state index contributed by atoms with van der Waals surface area (Å²) in [7, 11) is 0. The van der Waals surface area contributed by atoms with Crippen molar-refractivity contribution in [3.63, 3.8) is 0 Å². The summed E-state index contributed by atoms with van der Waals surface area (Å²) in [5.74, 6) is 0. The van der Waals surface area contributed by atoms with E-state index in [9.17, 15) is 0 Å². The van der Waals surface area contributed by atoms with Gasteiger partial charge in [-0.1, -0.05) is 23.8 Å². The number of nitrogens with two attached hydrogens (primary N) is 1. The Balaban J connectivity index is 2.59. The lowest BCUT2D eigenvalue weighted by atomic mass is 10.1. The molecule has 1 aromatic heterocycles. The summed E-state index contributed by atoms with van der Waals surface area (Å²) in [6, 6.07) is 10.1. The Hall–Kier alpha value is -1.83. The van der Waals surface area contributed by atoms with Crippen molar-refractivity contribution in [2.75, 3.05) is 5.73 Å². The van der Waals surface area contributed by atoms with Crippen molar-refractivity contribution in [1.82, 2.24) is 4.98 Å². The molecule has 0 saturated carbocycles. The average Bonchev–Trinajstić information content (AvgIpc) is 2.22. The fourth-order valence-corrected chi connectivity index (χ4v) is 1.59. The number of nitrogen functional groups attached to an aromatic ring is 1. The zero-order valence-electron chi connectivity index (χ0n) is 8.99. The van der Waals surface area contributed by atoms with E-state index in [1.807, 2.05) is 25.1 Å². The average molecular weight is 198 g/mol. The fraction of sp³-hybridized carbons (Fsp3) is 0.154. The normalized spacial score (nSPS) is 10.3. The van der Waals surface area contributed by atoms with Gasteiger partial charge in [0.25, 0.3) is 0 Å². The third kappa shape index (κ3) is 1.84. The first-order valence-corrected chi connectivity index (χ1v) is 4.96. The number of aryl methyl sites for hydroxylation is 2. The standard InChI is InChI=1S/C13H14N2/c1-9-4-3-5-11(8-9)13-12(14)10(2)6-7-15-13/h3-8H,14H2,1-2H3. The maximum absolute atomic E-state index is 6.00. The van der Waals surface area contributed by atoms with Crippen molar-refractivity contribution in [3.8, 4) is 11.3 Å². The number of rotatable bonds is 1. The summed E-state index contributed by atoms with van der Waals surface area (Å²) in [5, 5.41) is 0. The Morgan fingerprint density at radius 3 is 2.67 bits per heavy atom. The zero-order chi connectivity index (χ0) is 10.8. The molecule has 0 spiro atoms. The van der Waals surface area contributed by atoms with Crippen molar-refractivity contribution in [2.45, 2.75) is 13.8 Å². The number of hydrogen-bond donors (Lipinski definition) is 1. The third-order valence-corrected chi connectivity index (χ3v) is 2.50. The summed E-state index contributed by atoms with van der Waals surface area (Å²) in [4.78, 5) is 4.33. The van der Waals surface area contributed by atoms with E-state index in [-0.39, 0.29) is 0 Å². The van der Waals surface area contributed by atoms with Crippen LogP contribution in [0.2, 0.25) is 0 Å². The topological polar surface area (TPSA) is 38.9 Å². The Labute approximate surface area is 89.8 Å². The molecular weight excluding hydrogens is 184 g/mol. The van der Waals surface area contributed by atoms with E-state index < -0.39 is 0 Å². The minimum absolute atomic E-state index is 0.767. The minimum atomic E-state index is 0.767. The van der Waals surface area contributed by atoms with Gasteiger partial charge in [0, 0.05) is 11.8 Å². The van der Waals surface area contributed by atoms with Gasteiger partial charge in [-0.25, -0.2) is 0 Å². The molecule has 0 fully saturated rings. The molecule has 0 radical (unpaired) electrons. The summed E-state index contributed by atoms with van der Waals surface area (Å²) in [5.41, 5.74) is 11.0. The van der Waals surface area contributed by atoms with Gasteiger partial charge in [0.1, 0.15) is 0 Å². The predicted molar refractivity (Wildman–Crippen MR) is 63.6 cm³/mol. The SMILES string of the molecule is Cc1cccc(-c2nccc(C)c2N)c1. The van der Waals surface area contributed by atoms with Crippen LogP contribution in [0.4, 0.5) is 5.69 Å². The Kier molecular flexibility index (Phi) is 2.42. The molecule has 76 valence electrons. The molecule has 2 N–H and O–H groups in total. The minimum Gasteiger partial charge on any atom is -0.397 e. The number of pyridine rings is 1. The highest BCUT2D eigenvalue weighted by atomic mass is 14.7. The monoisotopic (exact) mass is 198 g/mol. The van der Waals surface area contributed by atoms with Crippen LogP contribution in [-0.2, 0) is 0 Å². The van der Waals surface area contributed by atoms with Crippen molar-refractivity contribution < 1.29 is 0 Å². The van der Waals surface area contributed by atoms with Crippen LogP contribution in [-0.4, -0.2) is 4.98 Å². The molecule has 1 aromatic carbocycles. The van der Waals surface area contributed by atoms with Crippen molar-refractivity contribution in [3.05, 3.63) is 47.7 Å². The molecule has 1 heterocycles. The fourth-order valence-electron chi connectivity index (χ4n) is 1.59. The maximum Gasteiger partial charge on any atom is 0.0933 e. The van der Waals surface area contributed by atoms with Gasteiger partial charge in [-0.05, 0) is 31.5 Å². The van der Waals surface area contributed by atoms with Crippen LogP contribution >= 0.6 is 0 Å². The second kappa shape index (κ2) is 3.73. The van der Waals surface area contributed by atoms with E-state index in [0.29, 0.717) is 0 Å². The van der Waals surface area contributed by atoms with Crippen molar-refractivity contribution in [2.24, 2.45) is 0 Å². The molecule has 0 atom stereocenters. The van der Waals surface area contributed by atoms with Crippen molar-refractivity contribution in [1.29, 1.82) is 0 Å². The second-order valence-corrected chi connectivity index (χ2v) is 3.76. The molecule has 0 amide bonds. The molecule has 0 saturated heterocycles. The van der Waals surface area contributed by atoms with Crippen LogP contribution in [0.1, 0.15) is 11.1 Å². The number of nitrogens with zero attached hydrogens (tertiary/aromatic N) is 1. The largest absolute Gasteiger partial charge is 0.397 e. The van der Waals surface area contributed by atoms with Gasteiger partial charge in [0.15, 0.2) is 0 Å². The van der Waals surface area contributed by atoms with Crippen LogP contribution in [0.15, 0.2) is 36.5 Å². The second-order valence-electron chi connectivity index (χ2n) is 3.76. The summed E-state index contributed by atoms with van der Waals surface area (Å²) in [6.07, 6.45) is 1.80. The summed E-state index contributed by atoms with van der Waals surface area (Å²) >= 11 is 0. The van der Waals surface area contributed by atoms with Crippen LogP contribution in [0.25, 0.3) is 11.3 Å². The zero-order valence-corrected chi connectivity index (χ0v) is 8.99. The van der Waals surface area contributed by atoms with Gasteiger partial charge in [-0.15, -0.1) is 0 Å². The van der Waals surface area contributed by atoms with Crippen molar-refractivity contribution >= 4 is 5.69 Å². The van der Waals surface area contributed by atoms with Gasteiger partial charge >= 0.3 is 0 Å². The number of aromatic nitrogens is 1. The highest BCUT2D eigenvalue weighted by Crippen LogP contribution is 2.25. The van der Waals surface area contributed by atoms with E-state index in [2.05, 4.69) is 24.0 Å². The van der Waals surface area contributed by atoms with Gasteiger partial charge in [0.2, 0.25) is 0 Å². The third-order valence-electron chi connectivity index (χ3n) is 2.50. The quantitative estimate of drug-likeness (QED) is 0.765. The summed E-state index contributed by atoms with van der Waals surface area (Å²) < 4.78 is 0. The Morgan fingerprint density at radius 1 is 1.13 bits per heavy atom. The molecule has 2 heteroatoms. The van der Waals surface area contributed by atoms with Crippen LogP contribution in [0.3, 0.4) is 0 Å². The van der Waals surface area contributed by atoms with Gasteiger partial charge < -0.3 is 5.73 Å². The van der Waals surface area contributed by atoms with E-state index in [4.69, 9.17) is 5.73 Å². The maximum atomic E-state index is 6.00. The van der Waals surface area contributed by atoms with Crippen LogP contribution in [0, 0.1) is 13.8 Å². The molecule has 2 rings (SSSR count). The molecule has 15 heavy (non-hydrogen) atoms. The van der Waals surface area contributed by atoms with E-state index in [1.165, 1.54) is 5.56 Å². The molecule has 2 nitrogen and oxygen atoms in total.